The Kier molecular flexibility index (Phi) is 3.82. The number of carboxylic acids is 1. The maximum absolute atomic E-state index is 10.5. The molecule has 13 heavy (non-hydrogen) atoms. The molecule has 0 aliphatic rings. The summed E-state index contributed by atoms with van der Waals surface area (Å²) in [6, 6.07) is 6.98. The molecule has 3 N–H and O–H groups in total. The summed E-state index contributed by atoms with van der Waals surface area (Å²) in [6.45, 7) is 0. The molecule has 0 aromatic heterocycles. The van der Waals surface area contributed by atoms with Crippen molar-refractivity contribution in [1.29, 1.82) is 0 Å². The van der Waals surface area contributed by atoms with Crippen molar-refractivity contribution in [2.24, 2.45) is 5.73 Å². The van der Waals surface area contributed by atoms with E-state index in [0.717, 1.165) is 5.56 Å². The number of aliphatic carboxylic acids is 1. The molecule has 0 spiro atoms. The Bertz CT molecular complexity index is 314. The van der Waals surface area contributed by atoms with Gasteiger partial charge in [0.25, 0.3) is 0 Å². The Morgan fingerprint density at radius 2 is 2.31 bits per heavy atom. The van der Waals surface area contributed by atoms with Crippen molar-refractivity contribution in [3.05, 3.63) is 29.8 Å². The van der Waals surface area contributed by atoms with Crippen LogP contribution in [0.1, 0.15) is 5.56 Å². The fourth-order valence-electron chi connectivity index (χ4n) is 1.01. The van der Waals surface area contributed by atoms with E-state index in [9.17, 15) is 4.79 Å². The number of nitrogens with two attached hydrogens (primary N) is 1. The molecule has 0 bridgehead atoms. The molecule has 0 heterocycles. The molecule has 1 aromatic carbocycles. The molecular weight excluding hydrogens is 365 g/mol. The summed E-state index contributed by atoms with van der Waals surface area (Å²) >= 11 is 1.57. The zero-order valence-corrected chi connectivity index (χ0v) is 9.84. The van der Waals surface area contributed by atoms with Crippen LogP contribution in [0.3, 0.4) is 0 Å². The van der Waals surface area contributed by atoms with Crippen LogP contribution in [0.25, 0.3) is 0 Å². The van der Waals surface area contributed by atoms with Gasteiger partial charge in [0.1, 0.15) is 0 Å². The van der Waals surface area contributed by atoms with Gasteiger partial charge in [-0.25, -0.2) is 0 Å². The molecular formula is C9H10AtNO2. The summed E-state index contributed by atoms with van der Waals surface area (Å²) in [4.78, 5) is 10.5. The van der Waals surface area contributed by atoms with Gasteiger partial charge >= 0.3 is 91.9 Å². The molecule has 0 saturated heterocycles. The molecule has 0 saturated carbocycles. The number of carbonyl (C=O) groups is 1. The zero-order valence-electron chi connectivity index (χ0n) is 6.90. The zero-order chi connectivity index (χ0) is 9.84. The van der Waals surface area contributed by atoms with Crippen LogP contribution in [-0.4, -0.2) is 17.1 Å². The Balaban J connectivity index is 2.69. The molecule has 0 aliphatic carbocycles. The third-order valence-electron chi connectivity index (χ3n) is 1.66. The summed E-state index contributed by atoms with van der Waals surface area (Å²) in [5, 5.41) is 8.59. The predicted octanol–water partition coefficient (Wildman–Crippen LogP) is -0.184. The minimum absolute atomic E-state index is 0.395. The average Bonchev–Trinajstić information content (AvgIpc) is 2.04. The van der Waals surface area contributed by atoms with Gasteiger partial charge in [0.2, 0.25) is 0 Å². The third-order valence-corrected chi connectivity index (χ3v) is 2.58. The number of hydrogen-bond acceptors (Lipinski definition) is 2. The first-order valence-corrected chi connectivity index (χ1v) is 5.29. The van der Waals surface area contributed by atoms with Gasteiger partial charge in [-0.15, -0.1) is 0 Å². The monoisotopic (exact) mass is 375 g/mol. The summed E-state index contributed by atoms with van der Waals surface area (Å²) in [5.41, 5.74) is 6.38. The second kappa shape index (κ2) is 4.68. The Labute approximate surface area is 91.8 Å². The molecule has 70 valence electrons. The SMILES string of the molecule is N[C@@H](Cc1cccc([211At])c1)C(=O)O. The quantitative estimate of drug-likeness (QED) is 0.771. The van der Waals surface area contributed by atoms with E-state index >= 15 is 0 Å². The number of rotatable bonds is 3. The van der Waals surface area contributed by atoms with E-state index in [2.05, 4.69) is 0 Å². The van der Waals surface area contributed by atoms with Gasteiger partial charge in [-0.2, -0.15) is 0 Å². The number of hydrogen-bond donors (Lipinski definition) is 2. The summed E-state index contributed by atoms with van der Waals surface area (Å²) in [6.07, 6.45) is 0.395. The van der Waals surface area contributed by atoms with Crippen molar-refractivity contribution in [2.45, 2.75) is 12.5 Å². The van der Waals surface area contributed by atoms with Crippen molar-refractivity contribution in [1.82, 2.24) is 0 Å². The van der Waals surface area contributed by atoms with E-state index in [-0.39, 0.29) is 0 Å². The van der Waals surface area contributed by atoms with E-state index < -0.39 is 12.0 Å². The average molecular weight is 375 g/mol. The van der Waals surface area contributed by atoms with Crippen LogP contribution in [0.4, 0.5) is 0 Å². The van der Waals surface area contributed by atoms with Gasteiger partial charge in [0, 0.05) is 0 Å². The van der Waals surface area contributed by atoms with Crippen LogP contribution < -0.4 is 9.01 Å². The molecule has 1 atom stereocenters. The van der Waals surface area contributed by atoms with Crippen molar-refractivity contribution in [2.75, 3.05) is 0 Å². The van der Waals surface area contributed by atoms with Gasteiger partial charge in [-0.1, -0.05) is 0 Å². The van der Waals surface area contributed by atoms with E-state index in [1.54, 1.807) is 24.7 Å². The first kappa shape index (κ1) is 10.6. The third kappa shape index (κ3) is 3.41. The van der Waals surface area contributed by atoms with Crippen LogP contribution in [0, 0.1) is 24.7 Å². The van der Waals surface area contributed by atoms with Crippen LogP contribution in [0.5, 0.6) is 0 Å². The Hall–Kier alpha value is -0.467. The van der Waals surface area contributed by atoms with Crippen LogP contribution in [0.2, 0.25) is 0 Å². The summed E-state index contributed by atoms with van der Waals surface area (Å²) in [7, 11) is 0. The second-order valence-corrected chi connectivity index (χ2v) is 4.48. The van der Waals surface area contributed by atoms with Gasteiger partial charge in [0.15, 0.2) is 0 Å². The molecule has 1 aromatic rings. The topological polar surface area (TPSA) is 63.3 Å². The standard InChI is InChI=1S/C9H10AtNO2/c10-7-3-1-2-6(4-7)5-8(11)9(12)13/h1-4,8H,5,11H2,(H,12,13)/t8-/m0/s1/i10+1. The molecule has 4 heteroatoms. The van der Waals surface area contributed by atoms with E-state index in [4.69, 9.17) is 10.8 Å². The van der Waals surface area contributed by atoms with Crippen molar-refractivity contribution in [3.63, 3.8) is 0 Å². The van der Waals surface area contributed by atoms with Crippen molar-refractivity contribution in [3.8, 4) is 0 Å². The first-order valence-electron chi connectivity index (χ1n) is 3.82. The minimum atomic E-state index is -0.952. The maximum atomic E-state index is 10.5. The van der Waals surface area contributed by atoms with Gasteiger partial charge in [0.05, 0.1) is 0 Å². The molecule has 1 rings (SSSR count). The molecule has 0 aliphatic heterocycles. The van der Waals surface area contributed by atoms with Crippen molar-refractivity contribution >= 4 is 9.24 Å². The fourth-order valence-corrected chi connectivity index (χ4v) is 1.83. The van der Waals surface area contributed by atoms with Crippen LogP contribution in [-0.2, 0) is 11.2 Å². The van der Waals surface area contributed by atoms with Gasteiger partial charge < -0.3 is 0 Å². The summed E-state index contributed by atoms with van der Waals surface area (Å²) < 4.78 is 1.18. The molecule has 0 amide bonds. The normalized spacial score (nSPS) is 12.5. The van der Waals surface area contributed by atoms with Gasteiger partial charge in [-0.05, 0) is 0 Å². The van der Waals surface area contributed by atoms with E-state index in [0.29, 0.717) is 6.42 Å². The van der Waals surface area contributed by atoms with Gasteiger partial charge in [-0.3, -0.25) is 0 Å². The van der Waals surface area contributed by atoms with Crippen LogP contribution >= 0.6 is 0 Å². The number of benzene rings is 1. The molecule has 0 unspecified atom stereocenters. The molecule has 0 fully saturated rings. The molecule has 3 nitrogen and oxygen atoms in total. The first-order chi connectivity index (χ1) is 6.09. The van der Waals surface area contributed by atoms with E-state index in [1.165, 1.54) is 3.27 Å². The van der Waals surface area contributed by atoms with E-state index in [1.807, 2.05) is 24.3 Å². The number of carboxylic acid groups (broad SMARTS) is 1. The van der Waals surface area contributed by atoms with Crippen molar-refractivity contribution < 1.29 is 34.6 Å². The van der Waals surface area contributed by atoms with Crippen LogP contribution in [0.15, 0.2) is 24.3 Å². The fraction of sp³-hybridized carbons (Fsp3) is 0.222. The predicted molar refractivity (Wildman–Crippen MR) is 45.4 cm³/mol. The second-order valence-electron chi connectivity index (χ2n) is 2.78. The molecule has 0 radical (unpaired) electrons. The summed E-state index contributed by atoms with van der Waals surface area (Å²) in [5.74, 6) is -0.952. The Morgan fingerprint density at radius 1 is 1.62 bits per heavy atom. The Morgan fingerprint density at radius 3 is 2.85 bits per heavy atom.